The van der Waals surface area contributed by atoms with Gasteiger partial charge in [0.1, 0.15) is 11.9 Å². The highest BCUT2D eigenvalue weighted by atomic mass is 17.1. The van der Waals surface area contributed by atoms with Crippen molar-refractivity contribution in [2.24, 2.45) is 46.3 Å². The van der Waals surface area contributed by atoms with Gasteiger partial charge in [0, 0.05) is 19.3 Å². The third-order valence-electron chi connectivity index (χ3n) is 14.1. The van der Waals surface area contributed by atoms with Crippen LogP contribution in [0.5, 0.6) is 0 Å². The van der Waals surface area contributed by atoms with Gasteiger partial charge in [0.25, 0.3) is 0 Å². The summed E-state index contributed by atoms with van der Waals surface area (Å²) >= 11 is 0. The van der Waals surface area contributed by atoms with Gasteiger partial charge in [-0.3, -0.25) is 4.79 Å². The maximum absolute atomic E-state index is 12.8. The zero-order valence-corrected chi connectivity index (χ0v) is 32.8. The van der Waals surface area contributed by atoms with Crippen LogP contribution < -0.4 is 0 Å². The van der Waals surface area contributed by atoms with E-state index in [0.717, 1.165) is 93.3 Å². The Hall–Kier alpha value is -1.55. The maximum Gasteiger partial charge on any atom is 0.306 e. The lowest BCUT2D eigenvalue weighted by molar-refractivity contribution is -0.204. The minimum atomic E-state index is 0.00579. The van der Waals surface area contributed by atoms with Crippen LogP contribution in [0.2, 0.25) is 0 Å². The molecule has 0 bridgehead atoms. The van der Waals surface area contributed by atoms with Gasteiger partial charge in [0.05, 0.1) is 0 Å². The van der Waals surface area contributed by atoms with Gasteiger partial charge in [-0.25, -0.2) is 5.26 Å². The first-order chi connectivity index (χ1) is 23.6. The highest BCUT2D eigenvalue weighted by Crippen LogP contribution is 2.67. The van der Waals surface area contributed by atoms with E-state index >= 15 is 0 Å². The molecule has 49 heavy (non-hydrogen) atoms. The van der Waals surface area contributed by atoms with Crippen molar-refractivity contribution in [3.05, 3.63) is 35.6 Å². The lowest BCUT2D eigenvalue weighted by Gasteiger charge is -2.58. The summed E-state index contributed by atoms with van der Waals surface area (Å²) in [6.45, 7) is 14.8. The molecule has 0 aromatic heterocycles. The number of esters is 1. The summed E-state index contributed by atoms with van der Waals surface area (Å²) in [5.74, 6) is 5.80. The number of hydrogen-bond donors (Lipinski definition) is 1. The van der Waals surface area contributed by atoms with Crippen molar-refractivity contribution in [1.29, 1.82) is 0 Å². The van der Waals surface area contributed by atoms with E-state index < -0.39 is 0 Å². The Labute approximate surface area is 302 Å². The quantitative estimate of drug-likeness (QED) is 0.0327. The van der Waals surface area contributed by atoms with Crippen molar-refractivity contribution < 1.29 is 19.7 Å². The third kappa shape index (κ3) is 11.0. The molecular formula is C45H76O4. The van der Waals surface area contributed by atoms with Crippen molar-refractivity contribution in [3.63, 3.8) is 0 Å². The lowest BCUT2D eigenvalue weighted by Crippen LogP contribution is -2.51. The summed E-state index contributed by atoms with van der Waals surface area (Å²) in [4.78, 5) is 17.4. The average molecular weight is 681 g/mol. The van der Waals surface area contributed by atoms with E-state index in [0.29, 0.717) is 29.4 Å². The number of carbonyl (C=O) groups excluding carboxylic acids is 1. The zero-order chi connectivity index (χ0) is 35.3. The first-order valence-electron chi connectivity index (χ1n) is 21.2. The molecule has 8 atom stereocenters. The number of hydrogen-bond acceptors (Lipinski definition) is 4. The largest absolute Gasteiger partial charge is 0.462 e. The first kappa shape index (κ1) is 40.2. The topological polar surface area (TPSA) is 55.8 Å². The van der Waals surface area contributed by atoms with Gasteiger partial charge in [-0.15, -0.1) is 0 Å². The minimum Gasteiger partial charge on any atom is -0.462 e. The van der Waals surface area contributed by atoms with E-state index in [9.17, 15) is 4.79 Å². The van der Waals surface area contributed by atoms with Crippen molar-refractivity contribution in [2.75, 3.05) is 0 Å². The molecule has 0 aliphatic heterocycles. The van der Waals surface area contributed by atoms with Gasteiger partial charge >= 0.3 is 5.97 Å². The second-order valence-electron chi connectivity index (χ2n) is 17.9. The van der Waals surface area contributed by atoms with Crippen LogP contribution in [-0.2, 0) is 14.4 Å². The molecule has 0 amide bonds. The van der Waals surface area contributed by atoms with Gasteiger partial charge in [-0.05, 0) is 129 Å². The normalized spacial score (nSPS) is 32.0. The van der Waals surface area contributed by atoms with Crippen LogP contribution in [0, 0.1) is 46.3 Å². The van der Waals surface area contributed by atoms with Crippen LogP contribution in [0.25, 0.3) is 0 Å². The molecule has 280 valence electrons. The van der Waals surface area contributed by atoms with Crippen LogP contribution >= 0.6 is 0 Å². The van der Waals surface area contributed by atoms with E-state index in [1.807, 2.05) is 6.08 Å². The summed E-state index contributed by atoms with van der Waals surface area (Å²) < 4.78 is 6.11. The van der Waals surface area contributed by atoms with Crippen molar-refractivity contribution >= 4 is 5.97 Å². The van der Waals surface area contributed by atoms with Crippen molar-refractivity contribution in [3.8, 4) is 0 Å². The fourth-order valence-corrected chi connectivity index (χ4v) is 11.2. The molecule has 0 radical (unpaired) electrons. The Bertz CT molecular complexity index is 1090. The average Bonchev–Trinajstić information content (AvgIpc) is 3.43. The molecule has 4 nitrogen and oxygen atoms in total. The summed E-state index contributed by atoms with van der Waals surface area (Å²) in [5.41, 5.74) is 2.45. The monoisotopic (exact) mass is 681 g/mol. The van der Waals surface area contributed by atoms with Crippen LogP contribution in [0.3, 0.4) is 0 Å². The third-order valence-corrected chi connectivity index (χ3v) is 14.1. The van der Waals surface area contributed by atoms with Gasteiger partial charge in [-0.1, -0.05) is 117 Å². The van der Waals surface area contributed by atoms with E-state index in [1.54, 1.807) is 5.57 Å². The fraction of sp³-hybridized carbons (Fsp3) is 0.844. The SMILES string of the molecule is CCCCC/C=C\C/C(=C\CCCCCCCC(=O)O[C@H]1CC[C@@]2(C)C(=CC[C@H]3[C@@H]4CC[C@H]([C@H](C)CCCC(C)C)[C@@]4(C)CC[C@@H]32)C1)OO. The molecule has 4 aliphatic carbocycles. The number of ether oxygens (including phenoxy) is 1. The number of allylic oxidation sites excluding steroid dienone is 4. The molecule has 0 saturated heterocycles. The zero-order valence-electron chi connectivity index (χ0n) is 32.8. The summed E-state index contributed by atoms with van der Waals surface area (Å²) in [5, 5.41) is 9.17. The molecular weight excluding hydrogens is 604 g/mol. The standard InChI is InChI=1S/C45H76O4/c1-7-8-9-10-13-16-22-37(49-47)23-17-14-11-12-15-18-24-43(46)48-38-29-31-44(5)36(33-38)25-26-39-41-28-27-40(35(4)21-19-20-34(2)3)45(41,6)32-30-42(39)44/h13,16,23,25,34-35,38-42,47H,7-12,14-15,17-22,24,26-33H2,1-6H3/b16-13-,37-23+/t35-,38+,39+,40-,41+,42+,44+,45-/m1/s1. The molecule has 3 saturated carbocycles. The summed E-state index contributed by atoms with van der Waals surface area (Å²) in [6, 6.07) is 0. The van der Waals surface area contributed by atoms with E-state index in [-0.39, 0.29) is 12.1 Å². The summed E-state index contributed by atoms with van der Waals surface area (Å²) in [7, 11) is 0. The Morgan fingerprint density at radius 1 is 0.898 bits per heavy atom. The second-order valence-corrected chi connectivity index (χ2v) is 17.9. The number of carbonyl (C=O) groups is 1. The van der Waals surface area contributed by atoms with Gasteiger partial charge in [0.15, 0.2) is 0 Å². The molecule has 0 unspecified atom stereocenters. The second kappa shape index (κ2) is 19.9. The number of fused-ring (bicyclic) bond motifs is 5. The predicted molar refractivity (Wildman–Crippen MR) is 205 cm³/mol. The van der Waals surface area contributed by atoms with Gasteiger partial charge in [-0.2, -0.15) is 0 Å². The molecule has 0 heterocycles. The smallest absolute Gasteiger partial charge is 0.306 e. The van der Waals surface area contributed by atoms with Crippen molar-refractivity contribution in [1.82, 2.24) is 0 Å². The van der Waals surface area contributed by atoms with Crippen LogP contribution in [-0.4, -0.2) is 17.3 Å². The lowest BCUT2D eigenvalue weighted by atomic mass is 9.47. The molecule has 1 N–H and O–H groups in total. The molecule has 3 fully saturated rings. The predicted octanol–water partition coefficient (Wildman–Crippen LogP) is 13.6. The Morgan fingerprint density at radius 3 is 2.45 bits per heavy atom. The minimum absolute atomic E-state index is 0.00579. The fourth-order valence-electron chi connectivity index (χ4n) is 11.2. The number of unbranched alkanes of at least 4 members (excludes halogenated alkanes) is 8. The van der Waals surface area contributed by atoms with E-state index in [4.69, 9.17) is 9.99 Å². The highest BCUT2D eigenvalue weighted by Gasteiger charge is 2.59. The highest BCUT2D eigenvalue weighted by molar-refractivity contribution is 5.69. The van der Waals surface area contributed by atoms with Gasteiger partial charge < -0.3 is 9.62 Å². The van der Waals surface area contributed by atoms with E-state index in [2.05, 4.69) is 64.7 Å². The Morgan fingerprint density at radius 2 is 1.67 bits per heavy atom. The Balaban J connectivity index is 1.14. The van der Waals surface area contributed by atoms with Gasteiger partial charge in [0.2, 0.25) is 0 Å². The van der Waals surface area contributed by atoms with Crippen LogP contribution in [0.4, 0.5) is 0 Å². The molecule has 0 spiro atoms. The molecule has 0 aromatic carbocycles. The number of rotatable bonds is 21. The first-order valence-corrected chi connectivity index (χ1v) is 21.2. The Kier molecular flexibility index (Phi) is 16.3. The van der Waals surface area contributed by atoms with Crippen LogP contribution in [0.15, 0.2) is 35.6 Å². The molecule has 4 heteroatoms. The summed E-state index contributed by atoms with van der Waals surface area (Å²) in [6.07, 6.45) is 35.6. The molecule has 4 aliphatic rings. The van der Waals surface area contributed by atoms with E-state index in [1.165, 1.54) is 77.0 Å². The molecule has 4 rings (SSSR count). The van der Waals surface area contributed by atoms with Crippen molar-refractivity contribution in [2.45, 2.75) is 195 Å². The maximum atomic E-state index is 12.8. The molecule has 0 aromatic rings. The van der Waals surface area contributed by atoms with Crippen LogP contribution in [0.1, 0.15) is 189 Å².